The van der Waals surface area contributed by atoms with Gasteiger partial charge in [-0.2, -0.15) is 13.2 Å². The Morgan fingerprint density at radius 2 is 1.85 bits per heavy atom. The third kappa shape index (κ3) is 4.92. The minimum absolute atomic E-state index is 0.0195. The molecule has 0 saturated carbocycles. The lowest BCUT2D eigenvalue weighted by Gasteiger charge is -2.11. The van der Waals surface area contributed by atoms with Crippen LogP contribution in [-0.4, -0.2) is 20.1 Å². The molecule has 26 heavy (non-hydrogen) atoms. The monoisotopic (exact) mass is 385 g/mol. The smallest absolute Gasteiger partial charge is 0.417 e. The van der Waals surface area contributed by atoms with Gasteiger partial charge in [-0.25, -0.2) is 0 Å². The second kappa shape index (κ2) is 8.14. The molecular weight excluding hydrogens is 371 g/mol. The number of alkyl halides is 3. The van der Waals surface area contributed by atoms with E-state index in [1.54, 1.807) is 18.2 Å². The summed E-state index contributed by atoms with van der Waals surface area (Å²) in [6.45, 7) is 0. The summed E-state index contributed by atoms with van der Waals surface area (Å²) < 4.78 is 48.8. The van der Waals surface area contributed by atoms with Gasteiger partial charge in [0.2, 0.25) is 5.91 Å². The molecule has 0 atom stereocenters. The van der Waals surface area contributed by atoms with Crippen LogP contribution in [0.5, 0.6) is 11.5 Å². The molecule has 2 rings (SSSR count). The van der Waals surface area contributed by atoms with Gasteiger partial charge in [0.25, 0.3) is 0 Å². The third-order valence-electron chi connectivity index (χ3n) is 3.39. The van der Waals surface area contributed by atoms with Gasteiger partial charge in [-0.15, -0.1) is 0 Å². The zero-order valence-corrected chi connectivity index (χ0v) is 14.6. The number of halogens is 4. The molecule has 2 aromatic carbocycles. The number of rotatable bonds is 5. The fourth-order valence-corrected chi connectivity index (χ4v) is 2.36. The Bertz CT molecular complexity index is 835. The summed E-state index contributed by atoms with van der Waals surface area (Å²) in [4.78, 5) is 12.0. The van der Waals surface area contributed by atoms with Crippen molar-refractivity contribution in [3.63, 3.8) is 0 Å². The van der Waals surface area contributed by atoms with Gasteiger partial charge in [-0.3, -0.25) is 4.79 Å². The van der Waals surface area contributed by atoms with E-state index >= 15 is 0 Å². The van der Waals surface area contributed by atoms with Crippen LogP contribution in [0.25, 0.3) is 6.08 Å². The number of hydrogen-bond acceptors (Lipinski definition) is 3. The summed E-state index contributed by atoms with van der Waals surface area (Å²) in [5.41, 5.74) is -0.460. The van der Waals surface area contributed by atoms with Crippen LogP contribution < -0.4 is 14.8 Å². The molecule has 0 radical (unpaired) electrons. The molecule has 8 heteroatoms. The molecule has 0 saturated heterocycles. The second-order valence-corrected chi connectivity index (χ2v) is 5.53. The fourth-order valence-electron chi connectivity index (χ4n) is 2.14. The number of benzene rings is 2. The molecule has 0 aromatic heterocycles. The first kappa shape index (κ1) is 19.7. The Morgan fingerprint density at radius 1 is 1.12 bits per heavy atom. The molecule has 0 heterocycles. The van der Waals surface area contributed by atoms with E-state index in [-0.39, 0.29) is 5.69 Å². The largest absolute Gasteiger partial charge is 0.497 e. The molecule has 0 unspecified atom stereocenters. The van der Waals surface area contributed by atoms with Crippen molar-refractivity contribution in [2.24, 2.45) is 0 Å². The van der Waals surface area contributed by atoms with Crippen molar-refractivity contribution in [3.05, 3.63) is 58.6 Å². The lowest BCUT2D eigenvalue weighted by Crippen LogP contribution is -2.11. The van der Waals surface area contributed by atoms with E-state index in [1.165, 1.54) is 32.4 Å². The normalized spacial score (nSPS) is 11.5. The summed E-state index contributed by atoms with van der Waals surface area (Å²) in [7, 11) is 2.98. The highest BCUT2D eigenvalue weighted by molar-refractivity contribution is 6.31. The predicted octanol–water partition coefficient (Wildman–Crippen LogP) is 5.03. The molecule has 1 amide bonds. The number of hydrogen-bond donors (Lipinski definition) is 1. The van der Waals surface area contributed by atoms with E-state index in [9.17, 15) is 18.0 Å². The van der Waals surface area contributed by atoms with Gasteiger partial charge < -0.3 is 14.8 Å². The van der Waals surface area contributed by atoms with Crippen molar-refractivity contribution in [3.8, 4) is 11.5 Å². The van der Waals surface area contributed by atoms with Gasteiger partial charge >= 0.3 is 6.18 Å². The van der Waals surface area contributed by atoms with Gasteiger partial charge in [0, 0.05) is 17.3 Å². The third-order valence-corrected chi connectivity index (χ3v) is 3.72. The van der Waals surface area contributed by atoms with E-state index in [0.717, 1.165) is 12.1 Å². The first-order valence-corrected chi connectivity index (χ1v) is 7.70. The van der Waals surface area contributed by atoms with Crippen LogP contribution in [0.4, 0.5) is 18.9 Å². The summed E-state index contributed by atoms with van der Waals surface area (Å²) in [6.07, 6.45) is -1.96. The van der Waals surface area contributed by atoms with Crippen LogP contribution >= 0.6 is 11.6 Å². The Labute approximate surface area is 153 Å². The molecule has 4 nitrogen and oxygen atoms in total. The van der Waals surface area contributed by atoms with Crippen molar-refractivity contribution in [1.82, 2.24) is 0 Å². The minimum Gasteiger partial charge on any atom is -0.497 e. The van der Waals surface area contributed by atoms with Crippen LogP contribution in [0.2, 0.25) is 5.02 Å². The van der Waals surface area contributed by atoms with Gasteiger partial charge in [0.05, 0.1) is 24.8 Å². The molecule has 138 valence electrons. The van der Waals surface area contributed by atoms with Gasteiger partial charge in [0.15, 0.2) is 0 Å². The van der Waals surface area contributed by atoms with E-state index in [4.69, 9.17) is 21.1 Å². The Hall–Kier alpha value is -2.67. The van der Waals surface area contributed by atoms with Gasteiger partial charge in [-0.1, -0.05) is 11.6 Å². The lowest BCUT2D eigenvalue weighted by molar-refractivity contribution is -0.137. The highest BCUT2D eigenvalue weighted by atomic mass is 35.5. The highest BCUT2D eigenvalue weighted by Crippen LogP contribution is 2.36. The van der Waals surface area contributed by atoms with Crippen molar-refractivity contribution < 1.29 is 27.4 Å². The first-order chi connectivity index (χ1) is 12.2. The van der Waals surface area contributed by atoms with Crippen LogP contribution in [0.1, 0.15) is 11.1 Å². The average molecular weight is 386 g/mol. The second-order valence-electron chi connectivity index (χ2n) is 5.12. The zero-order valence-electron chi connectivity index (χ0n) is 13.9. The van der Waals surface area contributed by atoms with Crippen molar-refractivity contribution >= 4 is 29.3 Å². The number of anilines is 1. The summed E-state index contributed by atoms with van der Waals surface area (Å²) >= 11 is 5.55. The highest BCUT2D eigenvalue weighted by Gasteiger charge is 2.33. The molecule has 0 aliphatic carbocycles. The Balaban J connectivity index is 2.18. The molecule has 0 spiro atoms. The number of nitrogens with one attached hydrogen (secondary N) is 1. The Kier molecular flexibility index (Phi) is 6.15. The minimum atomic E-state index is -4.61. The van der Waals surface area contributed by atoms with Crippen molar-refractivity contribution in [2.75, 3.05) is 19.5 Å². The molecule has 0 fully saturated rings. The Morgan fingerprint density at radius 3 is 2.46 bits per heavy atom. The van der Waals surface area contributed by atoms with Gasteiger partial charge in [0.1, 0.15) is 11.5 Å². The van der Waals surface area contributed by atoms with E-state index in [2.05, 4.69) is 5.32 Å². The number of carbonyl (C=O) groups excluding carboxylic acids is 1. The maximum absolute atomic E-state index is 12.9. The summed E-state index contributed by atoms with van der Waals surface area (Å²) in [5.74, 6) is 0.476. The molecule has 2 aromatic rings. The zero-order chi connectivity index (χ0) is 19.3. The van der Waals surface area contributed by atoms with E-state index < -0.39 is 22.7 Å². The maximum atomic E-state index is 12.9. The summed E-state index contributed by atoms with van der Waals surface area (Å²) in [5, 5.41) is 1.92. The van der Waals surface area contributed by atoms with Crippen LogP contribution in [0.3, 0.4) is 0 Å². The number of carbonyl (C=O) groups is 1. The van der Waals surface area contributed by atoms with Crippen LogP contribution in [0.15, 0.2) is 42.5 Å². The van der Waals surface area contributed by atoms with Gasteiger partial charge in [-0.05, 0) is 42.5 Å². The summed E-state index contributed by atoms with van der Waals surface area (Å²) in [6, 6.07) is 8.17. The lowest BCUT2D eigenvalue weighted by atomic mass is 10.1. The average Bonchev–Trinajstić information content (AvgIpc) is 2.60. The van der Waals surface area contributed by atoms with Crippen molar-refractivity contribution in [2.45, 2.75) is 6.18 Å². The van der Waals surface area contributed by atoms with Crippen LogP contribution in [-0.2, 0) is 11.0 Å². The van der Waals surface area contributed by atoms with Crippen LogP contribution in [0, 0.1) is 0 Å². The van der Waals surface area contributed by atoms with Crippen molar-refractivity contribution in [1.29, 1.82) is 0 Å². The number of amides is 1. The topological polar surface area (TPSA) is 47.6 Å². The first-order valence-electron chi connectivity index (χ1n) is 7.32. The number of methoxy groups -OCH3 is 2. The predicted molar refractivity (Wildman–Crippen MR) is 93.7 cm³/mol. The molecular formula is C18H15ClF3NO3. The fraction of sp³-hybridized carbons (Fsp3) is 0.167. The standard InChI is InChI=1S/C18H15ClF3NO3/c1-25-13-5-7-16(26-2)11(9-13)3-8-17(24)23-12-4-6-15(19)14(10-12)18(20,21)22/h3-10H,1-2H3,(H,23,24). The van der Waals surface area contributed by atoms with E-state index in [0.29, 0.717) is 17.1 Å². The van der Waals surface area contributed by atoms with E-state index in [1.807, 2.05) is 0 Å². The number of ether oxygens (including phenoxy) is 2. The maximum Gasteiger partial charge on any atom is 0.417 e. The molecule has 0 bridgehead atoms. The molecule has 0 aliphatic rings. The molecule has 0 aliphatic heterocycles. The molecule has 1 N–H and O–H groups in total. The SMILES string of the molecule is COc1ccc(OC)c(C=CC(=O)Nc2ccc(Cl)c(C(F)(F)F)c2)c1. The quantitative estimate of drug-likeness (QED) is 0.734.